The molecule has 2 bridgehead atoms. The summed E-state index contributed by atoms with van der Waals surface area (Å²) in [6.07, 6.45) is 0. The molecule has 0 spiro atoms. The zero-order valence-electron chi connectivity index (χ0n) is 21.6. The van der Waals surface area contributed by atoms with Gasteiger partial charge in [-0.25, -0.2) is 0 Å². The second kappa shape index (κ2) is 9.59. The number of methoxy groups -OCH3 is 1. The number of hydrogen-bond acceptors (Lipinski definition) is 5. The van der Waals surface area contributed by atoms with Gasteiger partial charge in [-0.05, 0) is 81.9 Å². The number of nitrogens with zero attached hydrogens (tertiary/aromatic N) is 1. The smallest absolute Gasteiger partial charge is 0.236 e. The third-order valence-corrected chi connectivity index (χ3v) is 7.34. The molecule has 3 aromatic rings. The minimum atomic E-state index is -1.15. The Labute approximate surface area is 222 Å². The molecule has 0 aliphatic carbocycles. The topological polar surface area (TPSA) is 72.1 Å². The van der Waals surface area contributed by atoms with Gasteiger partial charge in [-0.3, -0.25) is 9.69 Å². The molecule has 192 valence electrons. The molecule has 0 unspecified atom stereocenters. The van der Waals surface area contributed by atoms with Crippen molar-refractivity contribution in [3.63, 3.8) is 0 Å². The minimum Gasteiger partial charge on any atom is -0.497 e. The van der Waals surface area contributed by atoms with Gasteiger partial charge in [0, 0.05) is 16.9 Å². The highest BCUT2D eigenvalue weighted by Gasteiger charge is 2.59. The summed E-state index contributed by atoms with van der Waals surface area (Å²) < 4.78 is 18.0. The number of anilines is 2. The first-order valence-corrected chi connectivity index (χ1v) is 12.7. The fraction of sp³-hybridized carbons (Fsp3) is 0.310. The summed E-state index contributed by atoms with van der Waals surface area (Å²) in [6, 6.07) is 18.9. The second-order valence-electron chi connectivity index (χ2n) is 9.51. The predicted octanol–water partition coefficient (Wildman–Crippen LogP) is 5.51. The zero-order valence-corrected chi connectivity index (χ0v) is 22.4. The Morgan fingerprint density at radius 3 is 2.59 bits per heavy atom. The lowest BCUT2D eigenvalue weighted by Crippen LogP contribution is -2.72. The van der Waals surface area contributed by atoms with E-state index < -0.39 is 17.7 Å². The molecule has 3 atom stereocenters. The fourth-order valence-corrected chi connectivity index (χ4v) is 5.74. The molecule has 5 rings (SSSR count). The number of benzene rings is 3. The SMILES string of the molecule is CCOc1cccc2c1O[C@@]1(C)[C@H](C(=O)Nc3ccc(C)cc3C)[C@H]2NC(=S)N1c1ccc(OC)cc1. The van der Waals surface area contributed by atoms with E-state index in [1.165, 1.54) is 0 Å². The van der Waals surface area contributed by atoms with Crippen LogP contribution in [-0.4, -0.2) is 30.5 Å². The molecule has 2 aliphatic rings. The fourth-order valence-electron chi connectivity index (χ4n) is 5.32. The third-order valence-electron chi connectivity index (χ3n) is 7.04. The van der Waals surface area contributed by atoms with Gasteiger partial charge in [-0.15, -0.1) is 0 Å². The molecule has 1 saturated heterocycles. The number of rotatable bonds is 6. The van der Waals surface area contributed by atoms with E-state index in [9.17, 15) is 4.79 Å². The number of nitrogens with one attached hydrogen (secondary N) is 2. The molecule has 0 aromatic heterocycles. The van der Waals surface area contributed by atoms with Crippen molar-refractivity contribution in [2.24, 2.45) is 5.92 Å². The first-order valence-electron chi connectivity index (χ1n) is 12.3. The summed E-state index contributed by atoms with van der Waals surface area (Å²) in [5.41, 5.74) is 3.36. The van der Waals surface area contributed by atoms with Crippen molar-refractivity contribution < 1.29 is 19.0 Å². The van der Waals surface area contributed by atoms with Gasteiger partial charge >= 0.3 is 0 Å². The van der Waals surface area contributed by atoms with E-state index in [1.54, 1.807) is 7.11 Å². The van der Waals surface area contributed by atoms with Crippen molar-refractivity contribution in [3.8, 4) is 17.2 Å². The van der Waals surface area contributed by atoms with E-state index in [0.717, 1.165) is 33.8 Å². The molecule has 8 heteroatoms. The van der Waals surface area contributed by atoms with Crippen molar-refractivity contribution in [2.75, 3.05) is 23.9 Å². The Bertz CT molecular complexity index is 1360. The number of para-hydroxylation sites is 1. The van der Waals surface area contributed by atoms with Crippen LogP contribution < -0.4 is 29.7 Å². The van der Waals surface area contributed by atoms with Crippen LogP contribution in [0, 0.1) is 19.8 Å². The van der Waals surface area contributed by atoms with E-state index in [1.807, 2.05) is 87.2 Å². The Balaban J connectivity index is 1.63. The molecular formula is C29H31N3O4S. The van der Waals surface area contributed by atoms with Crippen molar-refractivity contribution in [3.05, 3.63) is 77.4 Å². The summed E-state index contributed by atoms with van der Waals surface area (Å²) in [4.78, 5) is 15.9. The molecule has 0 saturated carbocycles. The number of carbonyl (C=O) groups is 1. The van der Waals surface area contributed by atoms with Crippen molar-refractivity contribution in [1.29, 1.82) is 0 Å². The van der Waals surface area contributed by atoms with Crippen LogP contribution in [0.5, 0.6) is 17.2 Å². The maximum absolute atomic E-state index is 14.1. The van der Waals surface area contributed by atoms with Crippen LogP contribution in [0.4, 0.5) is 11.4 Å². The quantitative estimate of drug-likeness (QED) is 0.418. The highest BCUT2D eigenvalue weighted by Crippen LogP contribution is 2.52. The molecule has 7 nitrogen and oxygen atoms in total. The molecule has 1 amide bonds. The summed E-state index contributed by atoms with van der Waals surface area (Å²) in [6.45, 7) is 8.36. The Morgan fingerprint density at radius 1 is 1.16 bits per heavy atom. The van der Waals surface area contributed by atoms with Crippen molar-refractivity contribution >= 4 is 34.6 Å². The largest absolute Gasteiger partial charge is 0.497 e. The van der Waals surface area contributed by atoms with Crippen LogP contribution in [0.2, 0.25) is 0 Å². The van der Waals surface area contributed by atoms with E-state index in [2.05, 4.69) is 16.7 Å². The Hall–Kier alpha value is -3.78. The van der Waals surface area contributed by atoms with Gasteiger partial charge in [0.2, 0.25) is 5.91 Å². The minimum absolute atomic E-state index is 0.166. The van der Waals surface area contributed by atoms with Gasteiger partial charge < -0.3 is 24.8 Å². The normalized spacial score (nSPS) is 21.9. The van der Waals surface area contributed by atoms with Crippen LogP contribution in [-0.2, 0) is 4.79 Å². The van der Waals surface area contributed by atoms with Gasteiger partial charge in [-0.1, -0.05) is 29.8 Å². The number of thiocarbonyl (C=S) groups is 1. The van der Waals surface area contributed by atoms with Crippen molar-refractivity contribution in [1.82, 2.24) is 5.32 Å². The van der Waals surface area contributed by atoms with E-state index in [4.69, 9.17) is 26.4 Å². The van der Waals surface area contributed by atoms with E-state index in [-0.39, 0.29) is 5.91 Å². The van der Waals surface area contributed by atoms with Crippen LogP contribution in [0.25, 0.3) is 0 Å². The maximum Gasteiger partial charge on any atom is 0.236 e. The summed E-state index contributed by atoms with van der Waals surface area (Å²) in [5.74, 6) is 1.15. The number of fused-ring (bicyclic) bond motifs is 4. The molecule has 3 aromatic carbocycles. The summed E-state index contributed by atoms with van der Waals surface area (Å²) in [7, 11) is 1.62. The van der Waals surface area contributed by atoms with Crippen LogP contribution in [0.3, 0.4) is 0 Å². The molecule has 2 heterocycles. The Kier molecular flexibility index (Phi) is 6.45. The number of amides is 1. The van der Waals surface area contributed by atoms with Crippen LogP contribution >= 0.6 is 12.2 Å². The molecule has 0 radical (unpaired) electrons. The maximum atomic E-state index is 14.1. The van der Waals surface area contributed by atoms with Gasteiger partial charge in [-0.2, -0.15) is 0 Å². The summed E-state index contributed by atoms with van der Waals surface area (Å²) >= 11 is 5.85. The number of carbonyl (C=O) groups excluding carboxylic acids is 1. The van der Waals surface area contributed by atoms with Gasteiger partial charge in [0.25, 0.3) is 0 Å². The van der Waals surface area contributed by atoms with E-state index in [0.29, 0.717) is 23.2 Å². The molecule has 2 N–H and O–H groups in total. The van der Waals surface area contributed by atoms with E-state index >= 15 is 0 Å². The molecule has 1 fully saturated rings. The molecule has 2 aliphatic heterocycles. The average molecular weight is 518 g/mol. The zero-order chi connectivity index (χ0) is 26.3. The number of aryl methyl sites for hydroxylation is 2. The first-order chi connectivity index (χ1) is 17.8. The lowest BCUT2D eigenvalue weighted by atomic mass is 9.78. The van der Waals surface area contributed by atoms with Gasteiger partial charge in [0.05, 0.1) is 19.8 Å². The first kappa shape index (κ1) is 24.9. The highest BCUT2D eigenvalue weighted by molar-refractivity contribution is 7.80. The average Bonchev–Trinajstić information content (AvgIpc) is 2.86. The predicted molar refractivity (Wildman–Crippen MR) is 149 cm³/mol. The third kappa shape index (κ3) is 4.25. The summed E-state index contributed by atoms with van der Waals surface area (Å²) in [5, 5.41) is 7.08. The van der Waals surface area contributed by atoms with Crippen LogP contribution in [0.15, 0.2) is 60.7 Å². The highest BCUT2D eigenvalue weighted by atomic mass is 32.1. The lowest BCUT2D eigenvalue weighted by Gasteiger charge is -2.56. The Morgan fingerprint density at radius 2 is 1.92 bits per heavy atom. The second-order valence-corrected chi connectivity index (χ2v) is 9.90. The monoisotopic (exact) mass is 517 g/mol. The van der Waals surface area contributed by atoms with Gasteiger partial charge in [0.15, 0.2) is 22.3 Å². The van der Waals surface area contributed by atoms with Crippen LogP contribution in [0.1, 0.15) is 36.6 Å². The van der Waals surface area contributed by atoms with Gasteiger partial charge in [0.1, 0.15) is 11.7 Å². The molecular weight excluding hydrogens is 486 g/mol. The number of ether oxygens (including phenoxy) is 3. The molecule has 37 heavy (non-hydrogen) atoms. The van der Waals surface area contributed by atoms with Crippen molar-refractivity contribution in [2.45, 2.75) is 39.5 Å². The lowest BCUT2D eigenvalue weighted by molar-refractivity contribution is -0.130. The number of hydrogen-bond donors (Lipinski definition) is 2. The standard InChI is InChI=1S/C29H31N3O4S/c1-6-35-23-9-7-8-21-25-24(27(33)30-22-15-10-17(2)16-18(22)3)29(4,36-26(21)23)32(28(37)31-25)19-11-13-20(34-5)14-12-19/h7-16,24-25H,6H2,1-5H3,(H,30,33)(H,31,37)/t24-,25-,29-/m0/s1.